The molecule has 5 N–H and O–H groups in total. The average Bonchev–Trinajstić information content (AvgIpc) is 1.97. The van der Waals surface area contributed by atoms with Crippen molar-refractivity contribution in [3.8, 4) is 0 Å². The number of carbonyl (C=O) groups is 1. The van der Waals surface area contributed by atoms with Crippen LogP contribution < -0.4 is 11.5 Å². The Morgan fingerprint density at radius 2 is 2.27 bits per heavy atom. The van der Waals surface area contributed by atoms with Crippen LogP contribution in [0.2, 0.25) is 0 Å². The topological polar surface area (TPSA) is 98.6 Å². The van der Waals surface area contributed by atoms with Gasteiger partial charge >= 0.3 is 5.97 Å². The van der Waals surface area contributed by atoms with Crippen molar-refractivity contribution in [2.75, 3.05) is 13.2 Å². The number of rotatable bonds is 5. The summed E-state index contributed by atoms with van der Waals surface area (Å²) in [6, 6.07) is 0. The number of carboxylic acids is 1. The van der Waals surface area contributed by atoms with Gasteiger partial charge in [0.2, 0.25) is 0 Å². The summed E-state index contributed by atoms with van der Waals surface area (Å²) in [5, 5.41) is 8.14. The zero-order valence-corrected chi connectivity index (χ0v) is 6.12. The minimum atomic E-state index is -0.986. The van der Waals surface area contributed by atoms with Gasteiger partial charge in [-0.05, 0) is 0 Å². The molecule has 0 fully saturated rings. The number of nitrogens with two attached hydrogens (primary N) is 2. The lowest BCUT2D eigenvalue weighted by Gasteiger charge is -1.99. The quantitative estimate of drug-likeness (QED) is 0.459. The van der Waals surface area contributed by atoms with Gasteiger partial charge < -0.3 is 21.3 Å². The van der Waals surface area contributed by atoms with Gasteiger partial charge in [0.1, 0.15) is 6.61 Å². The molecule has 0 aromatic carbocycles. The van der Waals surface area contributed by atoms with Crippen molar-refractivity contribution in [2.24, 2.45) is 11.5 Å². The first-order chi connectivity index (χ1) is 5.16. The van der Waals surface area contributed by atoms with Crippen LogP contribution in [0.4, 0.5) is 0 Å². The van der Waals surface area contributed by atoms with Crippen LogP contribution in [0.3, 0.4) is 0 Å². The van der Waals surface area contributed by atoms with Gasteiger partial charge in [0.25, 0.3) is 0 Å². The third kappa shape index (κ3) is 6.66. The van der Waals surface area contributed by atoms with Crippen LogP contribution in [0.25, 0.3) is 0 Å². The SMILES string of the molecule is NC=C(N)CCOCC(=O)O. The van der Waals surface area contributed by atoms with Gasteiger partial charge in [0.05, 0.1) is 6.61 Å². The van der Waals surface area contributed by atoms with E-state index in [0.717, 1.165) is 0 Å². The predicted molar refractivity (Wildman–Crippen MR) is 39.5 cm³/mol. The molecule has 0 aromatic rings. The molecule has 0 rings (SSSR count). The maximum Gasteiger partial charge on any atom is 0.329 e. The third-order valence-corrected chi connectivity index (χ3v) is 0.975. The molecule has 5 heteroatoms. The maximum atomic E-state index is 9.92. The molecule has 0 aliphatic heterocycles. The first kappa shape index (κ1) is 9.77. The molecule has 0 bridgehead atoms. The lowest BCUT2D eigenvalue weighted by atomic mass is 10.3. The Bertz CT molecular complexity index is 156. The molecule has 0 amide bonds. The van der Waals surface area contributed by atoms with E-state index in [1.807, 2.05) is 0 Å². The summed E-state index contributed by atoms with van der Waals surface area (Å²) in [5.41, 5.74) is 10.8. The summed E-state index contributed by atoms with van der Waals surface area (Å²) in [6.07, 6.45) is 1.73. The largest absolute Gasteiger partial charge is 0.480 e. The first-order valence-electron chi connectivity index (χ1n) is 3.12. The van der Waals surface area contributed by atoms with E-state index in [0.29, 0.717) is 12.1 Å². The number of ether oxygens (including phenoxy) is 1. The van der Waals surface area contributed by atoms with Gasteiger partial charge in [-0.2, -0.15) is 0 Å². The molecular weight excluding hydrogens is 148 g/mol. The molecular formula is C6H12N2O3. The van der Waals surface area contributed by atoms with Crippen LogP contribution in [0.1, 0.15) is 6.42 Å². The highest BCUT2D eigenvalue weighted by Gasteiger charge is 1.95. The van der Waals surface area contributed by atoms with Gasteiger partial charge in [-0.3, -0.25) is 0 Å². The Morgan fingerprint density at radius 3 is 2.73 bits per heavy atom. The smallest absolute Gasteiger partial charge is 0.329 e. The van der Waals surface area contributed by atoms with Crippen LogP contribution in [0, 0.1) is 0 Å². The van der Waals surface area contributed by atoms with Crippen molar-refractivity contribution in [1.29, 1.82) is 0 Å². The highest BCUT2D eigenvalue weighted by Crippen LogP contribution is 1.89. The van der Waals surface area contributed by atoms with E-state index in [1.165, 1.54) is 6.20 Å². The Labute approximate surface area is 64.6 Å². The fourth-order valence-corrected chi connectivity index (χ4v) is 0.433. The van der Waals surface area contributed by atoms with Crippen molar-refractivity contribution < 1.29 is 14.6 Å². The van der Waals surface area contributed by atoms with Gasteiger partial charge in [0, 0.05) is 18.3 Å². The molecule has 0 radical (unpaired) electrons. The molecule has 0 aromatic heterocycles. The molecule has 0 atom stereocenters. The Balaban J connectivity index is 3.21. The van der Waals surface area contributed by atoms with Crippen LogP contribution in [0.15, 0.2) is 11.9 Å². The second-order valence-electron chi connectivity index (χ2n) is 1.94. The van der Waals surface area contributed by atoms with Gasteiger partial charge in [-0.25, -0.2) is 4.79 Å². The summed E-state index contributed by atoms with van der Waals surface area (Å²) in [6.45, 7) is -0.0102. The standard InChI is InChI=1S/C6H12N2O3/c7-3-5(8)1-2-11-4-6(9)10/h3H,1-2,4,7-8H2,(H,9,10). The molecule has 0 spiro atoms. The molecule has 0 saturated carbocycles. The Hall–Kier alpha value is -1.23. The summed E-state index contributed by atoms with van der Waals surface area (Å²) < 4.78 is 4.69. The zero-order valence-electron chi connectivity index (χ0n) is 6.12. The first-order valence-corrected chi connectivity index (χ1v) is 3.12. The van der Waals surface area contributed by atoms with E-state index >= 15 is 0 Å². The summed E-state index contributed by atoms with van der Waals surface area (Å²) in [4.78, 5) is 9.92. The highest BCUT2D eigenvalue weighted by molar-refractivity contribution is 5.67. The normalized spacial score (nSPS) is 11.5. The van der Waals surface area contributed by atoms with E-state index in [-0.39, 0.29) is 13.2 Å². The molecule has 0 heterocycles. The Morgan fingerprint density at radius 1 is 1.64 bits per heavy atom. The van der Waals surface area contributed by atoms with Crippen molar-refractivity contribution in [3.63, 3.8) is 0 Å². The zero-order chi connectivity index (χ0) is 8.69. The minimum Gasteiger partial charge on any atom is -0.480 e. The highest BCUT2D eigenvalue weighted by atomic mass is 16.5. The second-order valence-corrected chi connectivity index (χ2v) is 1.94. The fraction of sp³-hybridized carbons (Fsp3) is 0.500. The van der Waals surface area contributed by atoms with Crippen molar-refractivity contribution >= 4 is 5.97 Å². The number of carboxylic acid groups (broad SMARTS) is 1. The van der Waals surface area contributed by atoms with E-state index in [9.17, 15) is 4.79 Å². The van der Waals surface area contributed by atoms with E-state index < -0.39 is 5.97 Å². The molecule has 0 aliphatic carbocycles. The van der Waals surface area contributed by atoms with Crippen molar-refractivity contribution in [1.82, 2.24) is 0 Å². The molecule has 0 saturated heterocycles. The minimum absolute atomic E-state index is 0.284. The molecule has 5 nitrogen and oxygen atoms in total. The van der Waals surface area contributed by atoms with Crippen LogP contribution in [0.5, 0.6) is 0 Å². The molecule has 11 heavy (non-hydrogen) atoms. The van der Waals surface area contributed by atoms with E-state index in [4.69, 9.17) is 21.3 Å². The fourth-order valence-electron chi connectivity index (χ4n) is 0.433. The monoisotopic (exact) mass is 160 g/mol. The third-order valence-electron chi connectivity index (χ3n) is 0.975. The van der Waals surface area contributed by atoms with E-state index in [2.05, 4.69) is 0 Å². The number of aliphatic carboxylic acids is 1. The van der Waals surface area contributed by atoms with Gasteiger partial charge in [-0.15, -0.1) is 0 Å². The number of hydrogen-bond acceptors (Lipinski definition) is 4. The predicted octanol–water partition coefficient (Wildman–Crippen LogP) is -0.764. The number of hydrogen-bond donors (Lipinski definition) is 3. The summed E-state index contributed by atoms with van der Waals surface area (Å²) in [5.74, 6) is -0.986. The van der Waals surface area contributed by atoms with Crippen LogP contribution in [-0.2, 0) is 9.53 Å². The summed E-state index contributed by atoms with van der Waals surface area (Å²) in [7, 11) is 0. The lowest BCUT2D eigenvalue weighted by molar-refractivity contribution is -0.142. The lowest BCUT2D eigenvalue weighted by Crippen LogP contribution is -2.10. The van der Waals surface area contributed by atoms with Crippen LogP contribution >= 0.6 is 0 Å². The van der Waals surface area contributed by atoms with Gasteiger partial charge in [-0.1, -0.05) is 0 Å². The second kappa shape index (κ2) is 5.55. The summed E-state index contributed by atoms with van der Waals surface area (Å²) >= 11 is 0. The average molecular weight is 160 g/mol. The molecule has 64 valence electrons. The van der Waals surface area contributed by atoms with Gasteiger partial charge in [0.15, 0.2) is 0 Å². The van der Waals surface area contributed by atoms with Crippen molar-refractivity contribution in [2.45, 2.75) is 6.42 Å². The molecule has 0 aliphatic rings. The Kier molecular flexibility index (Phi) is 4.93. The maximum absolute atomic E-state index is 9.92. The van der Waals surface area contributed by atoms with E-state index in [1.54, 1.807) is 0 Å². The van der Waals surface area contributed by atoms with Crippen LogP contribution in [-0.4, -0.2) is 24.3 Å². The van der Waals surface area contributed by atoms with Crippen molar-refractivity contribution in [3.05, 3.63) is 11.9 Å². The molecule has 0 unspecified atom stereocenters.